The van der Waals surface area contributed by atoms with Crippen molar-refractivity contribution in [2.45, 2.75) is 38.1 Å². The van der Waals surface area contributed by atoms with Gasteiger partial charge in [0.15, 0.2) is 0 Å². The third-order valence-corrected chi connectivity index (χ3v) is 8.41. The van der Waals surface area contributed by atoms with Gasteiger partial charge in [0, 0.05) is 19.1 Å². The number of fused-ring (bicyclic) bond motifs is 1. The molecule has 2 heterocycles. The molecule has 0 saturated carbocycles. The summed E-state index contributed by atoms with van der Waals surface area (Å²) >= 11 is 11.0. The highest BCUT2D eigenvalue weighted by molar-refractivity contribution is 9.13. The summed E-state index contributed by atoms with van der Waals surface area (Å²) in [4.78, 5) is 4.44. The van der Waals surface area contributed by atoms with E-state index in [0.29, 0.717) is 6.04 Å². The Labute approximate surface area is 145 Å². The van der Waals surface area contributed by atoms with Gasteiger partial charge >= 0.3 is 0 Å². The number of halogens is 2. The van der Waals surface area contributed by atoms with Crippen LogP contribution in [0.25, 0.3) is 0 Å². The van der Waals surface area contributed by atoms with Gasteiger partial charge in [-0.2, -0.15) is 0 Å². The molecule has 5 heteroatoms. The zero-order valence-electron chi connectivity index (χ0n) is 11.3. The predicted octanol–water partition coefficient (Wildman–Crippen LogP) is 5.91. The van der Waals surface area contributed by atoms with Gasteiger partial charge in [-0.05, 0) is 82.3 Å². The lowest BCUT2D eigenvalue weighted by Gasteiger charge is -2.12. The Morgan fingerprint density at radius 2 is 1.80 bits per heavy atom. The first kappa shape index (κ1) is 15.2. The Balaban J connectivity index is 1.93. The van der Waals surface area contributed by atoms with E-state index in [1.54, 1.807) is 21.8 Å². The molecule has 1 nitrogen and oxygen atoms in total. The van der Waals surface area contributed by atoms with Crippen molar-refractivity contribution in [3.8, 4) is 0 Å². The van der Waals surface area contributed by atoms with Crippen LogP contribution in [-0.4, -0.2) is 7.05 Å². The van der Waals surface area contributed by atoms with E-state index in [-0.39, 0.29) is 0 Å². The SMILES string of the molecule is CNC(c1cc(Br)c(Br)s1)c1cc2c(s1)CCCCC2. The molecule has 1 aliphatic rings. The first-order chi connectivity index (χ1) is 9.69. The van der Waals surface area contributed by atoms with Crippen LogP contribution in [0, 0.1) is 0 Å². The number of thiophene rings is 2. The van der Waals surface area contributed by atoms with Crippen molar-refractivity contribution in [1.29, 1.82) is 0 Å². The molecule has 108 valence electrons. The van der Waals surface area contributed by atoms with Crippen LogP contribution in [0.3, 0.4) is 0 Å². The Bertz CT molecular complexity index is 560. The van der Waals surface area contributed by atoms with Crippen LogP contribution in [0.4, 0.5) is 0 Å². The lowest BCUT2D eigenvalue weighted by atomic mass is 10.1. The standard InChI is InChI=1S/C15H17Br2NS2/c1-18-14(13-8-10(16)15(17)20-13)12-7-9-5-3-2-4-6-11(9)19-12/h7-8,14,18H,2-6H2,1H3. The van der Waals surface area contributed by atoms with Crippen molar-refractivity contribution in [3.05, 3.63) is 40.6 Å². The molecule has 0 radical (unpaired) electrons. The second-order valence-electron chi connectivity index (χ2n) is 5.15. The molecule has 0 aromatic carbocycles. The molecular formula is C15H17Br2NS2. The smallest absolute Gasteiger partial charge is 0.0843 e. The Morgan fingerprint density at radius 1 is 1.05 bits per heavy atom. The van der Waals surface area contributed by atoms with Crippen LogP contribution in [0.15, 0.2) is 20.4 Å². The van der Waals surface area contributed by atoms with Crippen LogP contribution in [0.5, 0.6) is 0 Å². The van der Waals surface area contributed by atoms with Crippen LogP contribution < -0.4 is 5.32 Å². The van der Waals surface area contributed by atoms with Crippen molar-refractivity contribution in [3.63, 3.8) is 0 Å². The van der Waals surface area contributed by atoms with E-state index < -0.39 is 0 Å². The molecule has 1 unspecified atom stereocenters. The van der Waals surface area contributed by atoms with Gasteiger partial charge < -0.3 is 5.32 Å². The van der Waals surface area contributed by atoms with Gasteiger partial charge in [0.2, 0.25) is 0 Å². The summed E-state index contributed by atoms with van der Waals surface area (Å²) in [7, 11) is 2.05. The van der Waals surface area contributed by atoms with Crippen molar-refractivity contribution in [2.75, 3.05) is 7.05 Å². The molecule has 2 aromatic rings. The summed E-state index contributed by atoms with van der Waals surface area (Å²) < 4.78 is 2.32. The lowest BCUT2D eigenvalue weighted by Crippen LogP contribution is -2.15. The average molecular weight is 435 g/mol. The highest BCUT2D eigenvalue weighted by Gasteiger charge is 2.21. The van der Waals surface area contributed by atoms with E-state index in [9.17, 15) is 0 Å². The molecule has 0 amide bonds. The molecule has 0 aliphatic heterocycles. The summed E-state index contributed by atoms with van der Waals surface area (Å²) in [6, 6.07) is 4.98. The maximum atomic E-state index is 3.60. The van der Waals surface area contributed by atoms with Crippen molar-refractivity contribution >= 4 is 54.5 Å². The van der Waals surface area contributed by atoms with Crippen LogP contribution >= 0.6 is 54.5 Å². The zero-order valence-corrected chi connectivity index (χ0v) is 16.1. The van der Waals surface area contributed by atoms with E-state index in [0.717, 1.165) is 4.47 Å². The third kappa shape index (κ3) is 3.07. The molecule has 1 atom stereocenters. The minimum Gasteiger partial charge on any atom is -0.308 e. The highest BCUT2D eigenvalue weighted by atomic mass is 79.9. The summed E-state index contributed by atoms with van der Waals surface area (Å²) in [6.07, 6.45) is 6.63. The zero-order chi connectivity index (χ0) is 14.1. The maximum absolute atomic E-state index is 3.60. The fourth-order valence-electron chi connectivity index (χ4n) is 2.76. The van der Waals surface area contributed by atoms with Crippen LogP contribution in [0.2, 0.25) is 0 Å². The van der Waals surface area contributed by atoms with Crippen LogP contribution in [-0.2, 0) is 12.8 Å². The second-order valence-corrected chi connectivity index (χ2v) is 9.57. The lowest BCUT2D eigenvalue weighted by molar-refractivity contribution is 0.705. The van der Waals surface area contributed by atoms with Gasteiger partial charge in [0.1, 0.15) is 0 Å². The van der Waals surface area contributed by atoms with E-state index >= 15 is 0 Å². The van der Waals surface area contributed by atoms with Crippen molar-refractivity contribution in [1.82, 2.24) is 5.32 Å². The number of nitrogens with one attached hydrogen (secondary N) is 1. The first-order valence-electron chi connectivity index (χ1n) is 6.92. The Hall–Kier alpha value is 0.320. The van der Waals surface area contributed by atoms with Gasteiger partial charge in [-0.1, -0.05) is 6.42 Å². The molecule has 0 saturated heterocycles. The third-order valence-electron chi connectivity index (χ3n) is 3.79. The van der Waals surface area contributed by atoms with Gasteiger partial charge in [0.25, 0.3) is 0 Å². The quantitative estimate of drug-likeness (QED) is 0.591. The summed E-state index contributed by atoms with van der Waals surface area (Å²) in [5.41, 5.74) is 1.59. The number of rotatable bonds is 3. The summed E-state index contributed by atoms with van der Waals surface area (Å²) in [5.74, 6) is 0. The Kier molecular flexibility index (Phi) is 5.03. The van der Waals surface area contributed by atoms with E-state index in [4.69, 9.17) is 0 Å². The summed E-state index contributed by atoms with van der Waals surface area (Å²) in [6.45, 7) is 0. The van der Waals surface area contributed by atoms with E-state index in [1.807, 2.05) is 11.3 Å². The number of aryl methyl sites for hydroxylation is 2. The minimum atomic E-state index is 0.319. The summed E-state index contributed by atoms with van der Waals surface area (Å²) in [5, 5.41) is 3.48. The van der Waals surface area contributed by atoms with E-state index in [1.165, 1.54) is 45.6 Å². The monoisotopic (exact) mass is 433 g/mol. The molecule has 1 N–H and O–H groups in total. The fraction of sp³-hybridized carbons (Fsp3) is 0.467. The Morgan fingerprint density at radius 3 is 2.50 bits per heavy atom. The van der Waals surface area contributed by atoms with Gasteiger partial charge in [0.05, 0.1) is 9.83 Å². The molecule has 0 fully saturated rings. The van der Waals surface area contributed by atoms with Crippen molar-refractivity contribution in [2.24, 2.45) is 0 Å². The highest BCUT2D eigenvalue weighted by Crippen LogP contribution is 2.40. The molecule has 3 rings (SSSR count). The number of hydrogen-bond acceptors (Lipinski definition) is 3. The maximum Gasteiger partial charge on any atom is 0.0843 e. The van der Waals surface area contributed by atoms with Crippen LogP contribution in [0.1, 0.15) is 45.5 Å². The molecule has 20 heavy (non-hydrogen) atoms. The number of hydrogen-bond donors (Lipinski definition) is 1. The van der Waals surface area contributed by atoms with Gasteiger partial charge in [-0.15, -0.1) is 22.7 Å². The van der Waals surface area contributed by atoms with Crippen molar-refractivity contribution < 1.29 is 0 Å². The first-order valence-corrected chi connectivity index (χ1v) is 10.1. The van der Waals surface area contributed by atoms with Gasteiger partial charge in [-0.3, -0.25) is 0 Å². The fourth-order valence-corrected chi connectivity index (χ4v) is 6.44. The van der Waals surface area contributed by atoms with E-state index in [2.05, 4.69) is 56.4 Å². The predicted molar refractivity (Wildman–Crippen MR) is 96.2 cm³/mol. The van der Waals surface area contributed by atoms with Gasteiger partial charge in [-0.25, -0.2) is 0 Å². The topological polar surface area (TPSA) is 12.0 Å². The molecule has 0 spiro atoms. The largest absolute Gasteiger partial charge is 0.308 e. The molecule has 2 aromatic heterocycles. The normalized spacial score (nSPS) is 16.8. The average Bonchev–Trinajstić information content (AvgIpc) is 2.88. The second kappa shape index (κ2) is 6.61. The molecule has 1 aliphatic carbocycles. The minimum absolute atomic E-state index is 0.319. The molecule has 0 bridgehead atoms. The molecular weight excluding hydrogens is 418 g/mol.